The number of aliphatic hydroxyl groups excluding tert-OH is 1. The van der Waals surface area contributed by atoms with Crippen LogP contribution in [0.25, 0.3) is 0 Å². The maximum absolute atomic E-state index is 9.05. The molecule has 0 amide bonds. The summed E-state index contributed by atoms with van der Waals surface area (Å²) in [5, 5.41) is 13.0. The Morgan fingerprint density at radius 3 is 3.29 bits per heavy atom. The first-order chi connectivity index (χ1) is 8.31. The van der Waals surface area contributed by atoms with Gasteiger partial charge in [-0.25, -0.2) is 0 Å². The van der Waals surface area contributed by atoms with Gasteiger partial charge in [-0.15, -0.1) is 0 Å². The smallest absolute Gasteiger partial charge is 0.162 e. The third-order valence-electron chi connectivity index (χ3n) is 2.71. The topological polar surface area (TPSA) is 68.0 Å². The average Bonchev–Trinajstić information content (AvgIpc) is 2.77. The largest absolute Gasteiger partial charge is 0.394 e. The predicted molar refractivity (Wildman–Crippen MR) is 59.3 cm³/mol. The van der Waals surface area contributed by atoms with E-state index in [4.69, 9.17) is 19.1 Å². The van der Waals surface area contributed by atoms with Crippen LogP contribution in [0.5, 0.6) is 0 Å². The average molecular weight is 242 g/mol. The SMILES string of the molecule is COCc1cc(CN2CCOC(CO)C2)no1. The summed E-state index contributed by atoms with van der Waals surface area (Å²) >= 11 is 0. The van der Waals surface area contributed by atoms with Crippen molar-refractivity contribution >= 4 is 0 Å². The van der Waals surface area contributed by atoms with Crippen LogP contribution in [0.2, 0.25) is 0 Å². The molecule has 0 aliphatic carbocycles. The molecule has 0 aromatic carbocycles. The van der Waals surface area contributed by atoms with Crippen molar-refractivity contribution in [1.29, 1.82) is 0 Å². The third-order valence-corrected chi connectivity index (χ3v) is 2.71. The fraction of sp³-hybridized carbons (Fsp3) is 0.727. The van der Waals surface area contributed by atoms with Gasteiger partial charge in [0.2, 0.25) is 0 Å². The molecule has 2 rings (SSSR count). The molecular formula is C11H18N2O4. The summed E-state index contributed by atoms with van der Waals surface area (Å²) in [7, 11) is 1.62. The molecule has 1 N–H and O–H groups in total. The highest BCUT2D eigenvalue weighted by Crippen LogP contribution is 2.11. The Morgan fingerprint density at radius 1 is 1.65 bits per heavy atom. The molecule has 1 atom stereocenters. The maximum Gasteiger partial charge on any atom is 0.162 e. The summed E-state index contributed by atoms with van der Waals surface area (Å²) in [5.74, 6) is 0.731. The predicted octanol–water partition coefficient (Wildman–Crippen LogP) is 0.0141. The van der Waals surface area contributed by atoms with E-state index in [0.717, 1.165) is 24.5 Å². The van der Waals surface area contributed by atoms with E-state index >= 15 is 0 Å². The molecule has 0 bridgehead atoms. The summed E-state index contributed by atoms with van der Waals surface area (Å²) in [6.45, 7) is 3.44. The van der Waals surface area contributed by atoms with Gasteiger partial charge in [0.1, 0.15) is 6.61 Å². The minimum absolute atomic E-state index is 0.0598. The zero-order chi connectivity index (χ0) is 12.1. The number of morpholine rings is 1. The lowest BCUT2D eigenvalue weighted by atomic mass is 10.2. The summed E-state index contributed by atoms with van der Waals surface area (Å²) in [5.41, 5.74) is 0.885. The first kappa shape index (κ1) is 12.5. The third kappa shape index (κ3) is 3.50. The van der Waals surface area contributed by atoms with Crippen molar-refractivity contribution in [3.8, 4) is 0 Å². The molecule has 1 aliphatic rings. The first-order valence-electron chi connectivity index (χ1n) is 5.70. The van der Waals surface area contributed by atoms with Gasteiger partial charge in [0.05, 0.1) is 25.0 Å². The monoisotopic (exact) mass is 242 g/mol. The molecule has 1 saturated heterocycles. The number of nitrogens with zero attached hydrogens (tertiary/aromatic N) is 2. The molecule has 0 saturated carbocycles. The zero-order valence-electron chi connectivity index (χ0n) is 9.96. The van der Waals surface area contributed by atoms with E-state index in [0.29, 0.717) is 19.8 Å². The Morgan fingerprint density at radius 2 is 2.53 bits per heavy atom. The number of ether oxygens (including phenoxy) is 2. The summed E-state index contributed by atoms with van der Waals surface area (Å²) in [6, 6.07) is 1.90. The lowest BCUT2D eigenvalue weighted by molar-refractivity contribution is -0.0555. The standard InChI is InChI=1S/C11H18N2O4/c1-15-8-10-4-9(12-17-10)5-13-2-3-16-11(6-13)7-14/h4,11,14H,2-3,5-8H2,1H3. The summed E-state index contributed by atoms with van der Waals surface area (Å²) in [6.07, 6.45) is -0.0888. The molecule has 6 nitrogen and oxygen atoms in total. The summed E-state index contributed by atoms with van der Waals surface area (Å²) in [4.78, 5) is 2.19. The molecular weight excluding hydrogens is 224 g/mol. The molecule has 0 spiro atoms. The van der Waals surface area contributed by atoms with Crippen LogP contribution in [0, 0.1) is 0 Å². The fourth-order valence-electron chi connectivity index (χ4n) is 1.90. The normalized spacial score (nSPS) is 21.9. The van der Waals surface area contributed by atoms with Crippen molar-refractivity contribution in [3.05, 3.63) is 17.5 Å². The van der Waals surface area contributed by atoms with Gasteiger partial charge in [-0.3, -0.25) is 4.90 Å². The molecule has 1 aromatic rings. The second kappa shape index (κ2) is 6.11. The molecule has 6 heteroatoms. The van der Waals surface area contributed by atoms with E-state index in [-0.39, 0.29) is 12.7 Å². The molecule has 0 radical (unpaired) electrons. The zero-order valence-corrected chi connectivity index (χ0v) is 9.96. The number of aromatic nitrogens is 1. The Balaban J connectivity index is 1.86. The molecule has 1 unspecified atom stereocenters. The van der Waals surface area contributed by atoms with Gasteiger partial charge < -0.3 is 19.1 Å². The van der Waals surface area contributed by atoms with Crippen molar-refractivity contribution < 1.29 is 19.1 Å². The van der Waals surface area contributed by atoms with E-state index < -0.39 is 0 Å². The number of methoxy groups -OCH3 is 1. The Kier molecular flexibility index (Phi) is 4.49. The number of rotatable bonds is 5. The lowest BCUT2D eigenvalue weighted by Gasteiger charge is -2.31. The van der Waals surface area contributed by atoms with E-state index in [2.05, 4.69) is 10.1 Å². The second-order valence-electron chi connectivity index (χ2n) is 4.13. The van der Waals surface area contributed by atoms with E-state index in [1.807, 2.05) is 6.07 Å². The first-order valence-corrected chi connectivity index (χ1v) is 5.70. The van der Waals surface area contributed by atoms with Gasteiger partial charge in [0.25, 0.3) is 0 Å². The van der Waals surface area contributed by atoms with Crippen LogP contribution in [0.4, 0.5) is 0 Å². The van der Waals surface area contributed by atoms with Gasteiger partial charge in [0, 0.05) is 32.8 Å². The van der Waals surface area contributed by atoms with Crippen LogP contribution in [0.1, 0.15) is 11.5 Å². The van der Waals surface area contributed by atoms with Crippen LogP contribution < -0.4 is 0 Å². The number of hydrogen-bond acceptors (Lipinski definition) is 6. The molecule has 2 heterocycles. The van der Waals surface area contributed by atoms with Crippen LogP contribution >= 0.6 is 0 Å². The molecule has 1 aliphatic heterocycles. The highest BCUT2D eigenvalue weighted by atomic mass is 16.5. The van der Waals surface area contributed by atoms with Crippen molar-refractivity contribution in [2.24, 2.45) is 0 Å². The lowest BCUT2D eigenvalue weighted by Crippen LogP contribution is -2.43. The van der Waals surface area contributed by atoms with Gasteiger partial charge in [-0.05, 0) is 0 Å². The van der Waals surface area contributed by atoms with Crippen molar-refractivity contribution in [2.45, 2.75) is 19.3 Å². The van der Waals surface area contributed by atoms with Crippen molar-refractivity contribution in [3.63, 3.8) is 0 Å². The maximum atomic E-state index is 9.05. The fourth-order valence-corrected chi connectivity index (χ4v) is 1.90. The minimum Gasteiger partial charge on any atom is -0.394 e. The van der Waals surface area contributed by atoms with E-state index in [1.165, 1.54) is 0 Å². The van der Waals surface area contributed by atoms with Crippen LogP contribution in [0.3, 0.4) is 0 Å². The highest BCUT2D eigenvalue weighted by molar-refractivity contribution is 5.04. The van der Waals surface area contributed by atoms with Gasteiger partial charge >= 0.3 is 0 Å². The Hall–Kier alpha value is -0.950. The van der Waals surface area contributed by atoms with E-state index in [1.54, 1.807) is 7.11 Å². The van der Waals surface area contributed by atoms with E-state index in [9.17, 15) is 0 Å². The number of aliphatic hydroxyl groups is 1. The van der Waals surface area contributed by atoms with Gasteiger partial charge in [-0.1, -0.05) is 5.16 Å². The number of hydrogen-bond donors (Lipinski definition) is 1. The van der Waals surface area contributed by atoms with Gasteiger partial charge in [0.15, 0.2) is 5.76 Å². The quantitative estimate of drug-likeness (QED) is 0.784. The molecule has 17 heavy (non-hydrogen) atoms. The van der Waals surface area contributed by atoms with Crippen LogP contribution in [-0.2, 0) is 22.6 Å². The molecule has 1 fully saturated rings. The second-order valence-corrected chi connectivity index (χ2v) is 4.13. The summed E-state index contributed by atoms with van der Waals surface area (Å²) < 4.78 is 15.5. The van der Waals surface area contributed by atoms with Crippen molar-refractivity contribution in [1.82, 2.24) is 10.1 Å². The van der Waals surface area contributed by atoms with Crippen LogP contribution in [-0.4, -0.2) is 54.7 Å². The highest BCUT2D eigenvalue weighted by Gasteiger charge is 2.20. The molecule has 1 aromatic heterocycles. The van der Waals surface area contributed by atoms with Gasteiger partial charge in [-0.2, -0.15) is 0 Å². The Bertz CT molecular complexity index is 342. The Labute approximate surface area is 100 Å². The molecule has 96 valence electrons. The van der Waals surface area contributed by atoms with Crippen molar-refractivity contribution in [2.75, 3.05) is 33.4 Å². The van der Waals surface area contributed by atoms with Crippen LogP contribution in [0.15, 0.2) is 10.6 Å². The minimum atomic E-state index is -0.0888.